The molecule has 0 spiro atoms. The van der Waals surface area contributed by atoms with Crippen molar-refractivity contribution < 1.29 is 4.39 Å². The molecule has 0 amide bonds. The molecular formula is C18H27BrFN. The predicted octanol–water partition coefficient (Wildman–Crippen LogP) is 5.18. The first-order chi connectivity index (χ1) is 9.71. The van der Waals surface area contributed by atoms with E-state index in [1.165, 1.54) is 5.56 Å². The van der Waals surface area contributed by atoms with Crippen molar-refractivity contribution >= 4 is 15.9 Å². The third-order valence-electron chi connectivity index (χ3n) is 5.65. The highest BCUT2D eigenvalue weighted by Gasteiger charge is 2.66. The van der Waals surface area contributed by atoms with Crippen LogP contribution in [0.3, 0.4) is 0 Å². The van der Waals surface area contributed by atoms with Gasteiger partial charge in [0, 0.05) is 10.5 Å². The van der Waals surface area contributed by atoms with E-state index in [4.69, 9.17) is 0 Å². The molecule has 0 bridgehead atoms. The molecule has 2 rings (SSSR count). The fraction of sp³-hybridized carbons (Fsp3) is 0.667. The van der Waals surface area contributed by atoms with Crippen LogP contribution in [0.25, 0.3) is 0 Å². The van der Waals surface area contributed by atoms with Crippen LogP contribution in [0.5, 0.6) is 0 Å². The van der Waals surface area contributed by atoms with Gasteiger partial charge in [0.05, 0.1) is 0 Å². The standard InChI is InChI=1S/C18H27BrFN/c1-6-9-21-15(16-17(2,3)18(16,4)5)10-12-7-8-13(20)11-14(12)19/h7-8,11,15-16,21H,6,9-10H2,1-5H3. The van der Waals surface area contributed by atoms with E-state index in [1.54, 1.807) is 12.1 Å². The second kappa shape index (κ2) is 6.00. The van der Waals surface area contributed by atoms with E-state index in [2.05, 4.69) is 55.9 Å². The van der Waals surface area contributed by atoms with Crippen molar-refractivity contribution in [1.29, 1.82) is 0 Å². The SMILES string of the molecule is CCCNC(Cc1ccc(F)cc1Br)C1C(C)(C)C1(C)C. The predicted molar refractivity (Wildman–Crippen MR) is 90.9 cm³/mol. The normalized spacial score (nSPS) is 21.3. The highest BCUT2D eigenvalue weighted by Crippen LogP contribution is 2.69. The number of halogens is 2. The molecule has 1 saturated carbocycles. The zero-order chi connectivity index (χ0) is 15.8. The number of rotatable bonds is 6. The van der Waals surface area contributed by atoms with Gasteiger partial charge >= 0.3 is 0 Å². The summed E-state index contributed by atoms with van der Waals surface area (Å²) in [5.74, 6) is 0.462. The van der Waals surface area contributed by atoms with Crippen LogP contribution < -0.4 is 5.32 Å². The summed E-state index contributed by atoms with van der Waals surface area (Å²) in [6, 6.07) is 5.47. The first kappa shape index (κ1) is 17.0. The van der Waals surface area contributed by atoms with Crippen LogP contribution in [0.4, 0.5) is 4.39 Å². The van der Waals surface area contributed by atoms with Gasteiger partial charge in [-0.05, 0) is 53.8 Å². The Labute approximate surface area is 136 Å². The van der Waals surface area contributed by atoms with E-state index >= 15 is 0 Å². The van der Waals surface area contributed by atoms with E-state index in [-0.39, 0.29) is 5.82 Å². The van der Waals surface area contributed by atoms with Crippen molar-refractivity contribution in [3.05, 3.63) is 34.1 Å². The number of hydrogen-bond acceptors (Lipinski definition) is 1. The maximum Gasteiger partial charge on any atom is 0.124 e. The summed E-state index contributed by atoms with van der Waals surface area (Å²) in [5.41, 5.74) is 1.89. The Morgan fingerprint density at radius 3 is 2.33 bits per heavy atom. The summed E-state index contributed by atoms with van der Waals surface area (Å²) in [7, 11) is 0. The molecule has 1 aliphatic rings. The Kier molecular flexibility index (Phi) is 4.84. The number of hydrogen-bond donors (Lipinski definition) is 1. The van der Waals surface area contributed by atoms with Crippen molar-refractivity contribution in [3.8, 4) is 0 Å². The highest BCUT2D eigenvalue weighted by molar-refractivity contribution is 9.10. The monoisotopic (exact) mass is 355 g/mol. The molecular weight excluding hydrogens is 329 g/mol. The largest absolute Gasteiger partial charge is 0.313 e. The quantitative estimate of drug-likeness (QED) is 0.740. The average molecular weight is 356 g/mol. The summed E-state index contributed by atoms with van der Waals surface area (Å²) in [5, 5.41) is 3.72. The summed E-state index contributed by atoms with van der Waals surface area (Å²) >= 11 is 3.50. The van der Waals surface area contributed by atoms with Gasteiger partial charge in [0.25, 0.3) is 0 Å². The molecule has 1 nitrogen and oxygen atoms in total. The Hall–Kier alpha value is -0.410. The highest BCUT2D eigenvalue weighted by atomic mass is 79.9. The molecule has 0 radical (unpaired) electrons. The van der Waals surface area contributed by atoms with Gasteiger partial charge in [-0.15, -0.1) is 0 Å². The fourth-order valence-electron chi connectivity index (χ4n) is 3.82. The van der Waals surface area contributed by atoms with Gasteiger partial charge in [-0.2, -0.15) is 0 Å². The van der Waals surface area contributed by atoms with Crippen LogP contribution in [0, 0.1) is 22.6 Å². The minimum Gasteiger partial charge on any atom is -0.313 e. The second-order valence-corrected chi connectivity index (χ2v) is 8.28. The molecule has 118 valence electrons. The van der Waals surface area contributed by atoms with E-state index in [9.17, 15) is 4.39 Å². The maximum atomic E-state index is 13.3. The molecule has 0 aliphatic heterocycles. The summed E-state index contributed by atoms with van der Waals surface area (Å²) in [4.78, 5) is 0. The Balaban J connectivity index is 2.18. The van der Waals surface area contributed by atoms with Gasteiger partial charge in [-0.25, -0.2) is 4.39 Å². The lowest BCUT2D eigenvalue weighted by atomic mass is 9.96. The molecule has 1 aromatic rings. The van der Waals surface area contributed by atoms with E-state index in [0.717, 1.165) is 23.9 Å². The summed E-state index contributed by atoms with van der Waals surface area (Å²) in [6.07, 6.45) is 2.08. The van der Waals surface area contributed by atoms with Crippen molar-refractivity contribution in [1.82, 2.24) is 5.32 Å². The zero-order valence-electron chi connectivity index (χ0n) is 13.8. The number of benzene rings is 1. The van der Waals surface area contributed by atoms with Crippen LogP contribution in [0.15, 0.2) is 22.7 Å². The van der Waals surface area contributed by atoms with E-state index < -0.39 is 0 Å². The molecule has 0 aromatic heterocycles. The molecule has 0 saturated heterocycles. The van der Waals surface area contributed by atoms with Gasteiger partial charge in [0.1, 0.15) is 5.82 Å². The van der Waals surface area contributed by atoms with Gasteiger partial charge in [-0.1, -0.05) is 56.6 Å². The topological polar surface area (TPSA) is 12.0 Å². The molecule has 1 atom stereocenters. The molecule has 1 aromatic carbocycles. The molecule has 1 fully saturated rings. The van der Waals surface area contributed by atoms with Crippen LogP contribution in [0.2, 0.25) is 0 Å². The van der Waals surface area contributed by atoms with Gasteiger partial charge in [0.15, 0.2) is 0 Å². The van der Waals surface area contributed by atoms with Crippen LogP contribution >= 0.6 is 15.9 Å². The second-order valence-electron chi connectivity index (χ2n) is 7.42. The van der Waals surface area contributed by atoms with Crippen LogP contribution in [0.1, 0.15) is 46.6 Å². The lowest BCUT2D eigenvalue weighted by molar-refractivity contribution is 0.395. The zero-order valence-corrected chi connectivity index (χ0v) is 15.3. The van der Waals surface area contributed by atoms with Gasteiger partial charge < -0.3 is 5.32 Å². The van der Waals surface area contributed by atoms with Gasteiger partial charge in [-0.3, -0.25) is 0 Å². The van der Waals surface area contributed by atoms with Crippen LogP contribution in [-0.4, -0.2) is 12.6 Å². The molecule has 0 heterocycles. The maximum absolute atomic E-state index is 13.3. The Morgan fingerprint density at radius 2 is 1.86 bits per heavy atom. The molecule has 21 heavy (non-hydrogen) atoms. The van der Waals surface area contributed by atoms with Crippen molar-refractivity contribution in [3.63, 3.8) is 0 Å². The third kappa shape index (κ3) is 3.19. The van der Waals surface area contributed by atoms with Crippen molar-refractivity contribution in [2.75, 3.05) is 6.54 Å². The third-order valence-corrected chi connectivity index (χ3v) is 6.38. The van der Waals surface area contributed by atoms with E-state index in [0.29, 0.717) is 22.8 Å². The lowest BCUT2D eigenvalue weighted by Crippen LogP contribution is -2.36. The summed E-state index contributed by atoms with van der Waals surface area (Å²) in [6.45, 7) is 12.7. The smallest absolute Gasteiger partial charge is 0.124 e. The van der Waals surface area contributed by atoms with E-state index in [1.807, 2.05) is 6.07 Å². The first-order valence-electron chi connectivity index (χ1n) is 7.89. The molecule has 1 unspecified atom stereocenters. The first-order valence-corrected chi connectivity index (χ1v) is 8.68. The Bertz CT molecular complexity index is 496. The van der Waals surface area contributed by atoms with Crippen molar-refractivity contribution in [2.45, 2.75) is 53.5 Å². The van der Waals surface area contributed by atoms with Crippen molar-refractivity contribution in [2.24, 2.45) is 16.7 Å². The number of nitrogens with one attached hydrogen (secondary N) is 1. The molecule has 1 N–H and O–H groups in total. The molecule has 3 heteroatoms. The minimum atomic E-state index is -0.184. The Morgan fingerprint density at radius 1 is 1.24 bits per heavy atom. The summed E-state index contributed by atoms with van der Waals surface area (Å²) < 4.78 is 14.1. The minimum absolute atomic E-state index is 0.184. The fourth-order valence-corrected chi connectivity index (χ4v) is 4.33. The van der Waals surface area contributed by atoms with Crippen LogP contribution in [-0.2, 0) is 6.42 Å². The molecule has 1 aliphatic carbocycles. The lowest BCUT2D eigenvalue weighted by Gasteiger charge is -2.22. The average Bonchev–Trinajstić information content (AvgIpc) is 2.78. The van der Waals surface area contributed by atoms with Gasteiger partial charge in [0.2, 0.25) is 0 Å².